The topological polar surface area (TPSA) is 32.7 Å². The maximum absolute atomic E-state index is 13.9. The van der Waals surface area contributed by atoms with Crippen molar-refractivity contribution in [2.24, 2.45) is 0 Å². The molecule has 0 amide bonds. The molecule has 0 radical (unpaired) electrons. The van der Waals surface area contributed by atoms with E-state index in [-0.39, 0.29) is 16.5 Å². The van der Waals surface area contributed by atoms with Crippen LogP contribution in [-0.2, 0) is 11.2 Å². The highest BCUT2D eigenvalue weighted by Gasteiger charge is 2.29. The standard InChI is InChI=1S/C15H20BrF2NO2/c1-9(2)19-5-6-21-14(8-19)13(20)7-10-12(17)4-3-11(16)15(10)18/h3-4,9,13-14,20H,5-8H2,1-2H3. The number of morpholine rings is 1. The van der Waals surface area contributed by atoms with Gasteiger partial charge in [0.1, 0.15) is 11.6 Å². The Morgan fingerprint density at radius 1 is 1.43 bits per heavy atom. The summed E-state index contributed by atoms with van der Waals surface area (Å²) in [5.74, 6) is -1.31. The summed E-state index contributed by atoms with van der Waals surface area (Å²) in [7, 11) is 0. The minimum Gasteiger partial charge on any atom is -0.390 e. The Bertz CT molecular complexity index is 499. The van der Waals surface area contributed by atoms with Crippen LogP contribution in [0.1, 0.15) is 19.4 Å². The lowest BCUT2D eigenvalue weighted by molar-refractivity contribution is -0.0943. The van der Waals surface area contributed by atoms with E-state index in [2.05, 4.69) is 34.7 Å². The number of aliphatic hydroxyl groups is 1. The molecule has 1 heterocycles. The molecule has 1 aliphatic rings. The van der Waals surface area contributed by atoms with Crippen LogP contribution in [0.5, 0.6) is 0 Å². The lowest BCUT2D eigenvalue weighted by Crippen LogP contribution is -2.50. The van der Waals surface area contributed by atoms with Gasteiger partial charge in [0.15, 0.2) is 0 Å². The van der Waals surface area contributed by atoms with Crippen LogP contribution in [0.25, 0.3) is 0 Å². The third-order valence-corrected chi connectivity index (χ3v) is 4.45. The molecule has 1 aromatic rings. The fourth-order valence-corrected chi connectivity index (χ4v) is 2.87. The van der Waals surface area contributed by atoms with E-state index in [4.69, 9.17) is 4.74 Å². The van der Waals surface area contributed by atoms with Gasteiger partial charge in [-0.1, -0.05) is 0 Å². The van der Waals surface area contributed by atoms with Gasteiger partial charge >= 0.3 is 0 Å². The molecule has 118 valence electrons. The summed E-state index contributed by atoms with van der Waals surface area (Å²) in [4.78, 5) is 2.19. The van der Waals surface area contributed by atoms with Crippen molar-refractivity contribution in [1.82, 2.24) is 4.90 Å². The Morgan fingerprint density at radius 3 is 2.81 bits per heavy atom. The first kappa shape index (κ1) is 16.8. The van der Waals surface area contributed by atoms with Crippen molar-refractivity contribution in [3.8, 4) is 0 Å². The molecule has 1 saturated heterocycles. The van der Waals surface area contributed by atoms with E-state index in [9.17, 15) is 13.9 Å². The third-order valence-electron chi connectivity index (χ3n) is 3.84. The van der Waals surface area contributed by atoms with Gasteiger partial charge in [-0.25, -0.2) is 8.78 Å². The highest BCUT2D eigenvalue weighted by atomic mass is 79.9. The Morgan fingerprint density at radius 2 is 2.14 bits per heavy atom. The lowest BCUT2D eigenvalue weighted by Gasteiger charge is -2.37. The second-order valence-electron chi connectivity index (χ2n) is 5.59. The third kappa shape index (κ3) is 4.00. The van der Waals surface area contributed by atoms with Gasteiger partial charge in [0, 0.05) is 31.1 Å². The van der Waals surface area contributed by atoms with Crippen molar-refractivity contribution >= 4 is 15.9 Å². The van der Waals surface area contributed by atoms with E-state index >= 15 is 0 Å². The van der Waals surface area contributed by atoms with Gasteiger partial charge in [0.05, 0.1) is 23.3 Å². The molecule has 0 spiro atoms. The van der Waals surface area contributed by atoms with Gasteiger partial charge in [-0.15, -0.1) is 0 Å². The zero-order chi connectivity index (χ0) is 15.6. The number of hydrogen-bond acceptors (Lipinski definition) is 3. The van der Waals surface area contributed by atoms with Gasteiger partial charge in [0.25, 0.3) is 0 Å². The first-order valence-electron chi connectivity index (χ1n) is 7.06. The number of aliphatic hydroxyl groups excluding tert-OH is 1. The summed E-state index contributed by atoms with van der Waals surface area (Å²) in [6.07, 6.45) is -1.47. The molecular formula is C15H20BrF2NO2. The van der Waals surface area contributed by atoms with Gasteiger partial charge < -0.3 is 9.84 Å². The van der Waals surface area contributed by atoms with E-state index in [0.29, 0.717) is 19.2 Å². The average molecular weight is 364 g/mol. The number of nitrogens with zero attached hydrogens (tertiary/aromatic N) is 1. The molecule has 1 aromatic carbocycles. The first-order valence-corrected chi connectivity index (χ1v) is 7.85. The number of hydrogen-bond donors (Lipinski definition) is 1. The van der Waals surface area contributed by atoms with Gasteiger partial charge in [-0.05, 0) is 41.9 Å². The van der Waals surface area contributed by atoms with E-state index < -0.39 is 23.8 Å². The summed E-state index contributed by atoms with van der Waals surface area (Å²) < 4.78 is 33.4. The van der Waals surface area contributed by atoms with Crippen LogP contribution < -0.4 is 0 Å². The molecule has 1 aliphatic heterocycles. The van der Waals surface area contributed by atoms with Crippen molar-refractivity contribution in [2.45, 2.75) is 38.5 Å². The van der Waals surface area contributed by atoms with Crippen LogP contribution in [0, 0.1) is 11.6 Å². The summed E-state index contributed by atoms with van der Waals surface area (Å²) >= 11 is 3.03. The van der Waals surface area contributed by atoms with Gasteiger partial charge in [0.2, 0.25) is 0 Å². The number of rotatable bonds is 4. The fraction of sp³-hybridized carbons (Fsp3) is 0.600. The van der Waals surface area contributed by atoms with Crippen molar-refractivity contribution < 1.29 is 18.6 Å². The molecule has 0 saturated carbocycles. The largest absolute Gasteiger partial charge is 0.390 e. The maximum atomic E-state index is 13.9. The molecule has 0 bridgehead atoms. The van der Waals surface area contributed by atoms with E-state index in [1.807, 2.05) is 0 Å². The molecule has 2 atom stereocenters. The molecule has 2 rings (SSSR count). The predicted octanol–water partition coefficient (Wildman–Crippen LogP) is 2.74. The normalized spacial score (nSPS) is 21.8. The second kappa shape index (κ2) is 7.13. The fourth-order valence-electron chi connectivity index (χ4n) is 2.49. The molecule has 2 unspecified atom stereocenters. The van der Waals surface area contributed by atoms with E-state index in [1.54, 1.807) is 0 Å². The van der Waals surface area contributed by atoms with Crippen LogP contribution in [-0.4, -0.2) is 48.0 Å². The summed E-state index contributed by atoms with van der Waals surface area (Å²) in [5.41, 5.74) is -0.109. The molecule has 1 N–H and O–H groups in total. The van der Waals surface area contributed by atoms with E-state index in [0.717, 1.165) is 6.54 Å². The van der Waals surface area contributed by atoms with E-state index in [1.165, 1.54) is 12.1 Å². The molecule has 0 aromatic heterocycles. The van der Waals surface area contributed by atoms with Crippen molar-refractivity contribution in [3.05, 3.63) is 33.8 Å². The summed E-state index contributed by atoms with van der Waals surface area (Å²) in [6, 6.07) is 2.86. The Labute approximate surface area is 132 Å². The summed E-state index contributed by atoms with van der Waals surface area (Å²) in [6.45, 7) is 6.03. The predicted molar refractivity (Wildman–Crippen MR) is 80.2 cm³/mol. The van der Waals surface area contributed by atoms with Crippen LogP contribution in [0.4, 0.5) is 8.78 Å². The Balaban J connectivity index is 2.08. The highest BCUT2D eigenvalue weighted by Crippen LogP contribution is 2.24. The lowest BCUT2D eigenvalue weighted by atomic mass is 10.0. The zero-order valence-corrected chi connectivity index (χ0v) is 13.7. The smallest absolute Gasteiger partial charge is 0.143 e. The molecule has 6 heteroatoms. The molecular weight excluding hydrogens is 344 g/mol. The molecule has 1 fully saturated rings. The highest BCUT2D eigenvalue weighted by molar-refractivity contribution is 9.10. The van der Waals surface area contributed by atoms with Crippen molar-refractivity contribution in [3.63, 3.8) is 0 Å². The number of ether oxygens (including phenoxy) is 1. The van der Waals surface area contributed by atoms with Crippen LogP contribution >= 0.6 is 15.9 Å². The monoisotopic (exact) mass is 363 g/mol. The maximum Gasteiger partial charge on any atom is 0.143 e. The molecule has 3 nitrogen and oxygen atoms in total. The minimum atomic E-state index is -0.940. The van der Waals surface area contributed by atoms with Crippen LogP contribution in [0.2, 0.25) is 0 Å². The van der Waals surface area contributed by atoms with Gasteiger partial charge in [-0.2, -0.15) is 0 Å². The average Bonchev–Trinajstić information content (AvgIpc) is 2.47. The number of benzene rings is 1. The summed E-state index contributed by atoms with van der Waals surface area (Å²) in [5, 5.41) is 10.3. The van der Waals surface area contributed by atoms with Crippen LogP contribution in [0.3, 0.4) is 0 Å². The zero-order valence-electron chi connectivity index (χ0n) is 12.2. The SMILES string of the molecule is CC(C)N1CCOC(C(O)Cc2c(F)ccc(Br)c2F)C1. The van der Waals surface area contributed by atoms with Crippen molar-refractivity contribution in [1.29, 1.82) is 0 Å². The number of halogens is 3. The quantitative estimate of drug-likeness (QED) is 0.834. The Kier molecular flexibility index (Phi) is 5.71. The Hall–Kier alpha value is -0.560. The van der Waals surface area contributed by atoms with Crippen molar-refractivity contribution in [2.75, 3.05) is 19.7 Å². The minimum absolute atomic E-state index is 0.103. The molecule has 0 aliphatic carbocycles. The van der Waals surface area contributed by atoms with Crippen LogP contribution in [0.15, 0.2) is 16.6 Å². The first-order chi connectivity index (χ1) is 9.90. The van der Waals surface area contributed by atoms with Gasteiger partial charge in [-0.3, -0.25) is 4.90 Å². The second-order valence-corrected chi connectivity index (χ2v) is 6.45. The molecule has 21 heavy (non-hydrogen) atoms.